The third-order valence-electron chi connectivity index (χ3n) is 4.11. The first kappa shape index (κ1) is 22.3. The van der Waals surface area contributed by atoms with Gasteiger partial charge in [0, 0.05) is 12.1 Å². The summed E-state index contributed by atoms with van der Waals surface area (Å²) in [6, 6.07) is 0.799. The minimum absolute atomic E-state index is 0.0199. The molecule has 3 nitrogen and oxygen atoms in total. The summed E-state index contributed by atoms with van der Waals surface area (Å²) >= 11 is 0. The Hall–Kier alpha value is -1.97. The van der Waals surface area contributed by atoms with Crippen molar-refractivity contribution >= 4 is 0 Å². The zero-order chi connectivity index (χ0) is 20.9. The number of allylic oxidation sites excluding steroid dienone is 1. The third kappa shape index (κ3) is 6.29. The molecule has 2 unspecified atom stereocenters. The Morgan fingerprint density at radius 3 is 2.25 bits per heavy atom. The van der Waals surface area contributed by atoms with Crippen LogP contribution in [0.1, 0.15) is 32.6 Å². The first-order valence-corrected chi connectivity index (χ1v) is 8.60. The van der Waals surface area contributed by atoms with Crippen LogP contribution >= 0.6 is 0 Å². The first-order valence-electron chi connectivity index (χ1n) is 8.60. The van der Waals surface area contributed by atoms with E-state index in [9.17, 15) is 30.7 Å². The standard InChI is InChI=1S/C18H19F7O3/c1-2-3-11-4-5-15(27-10-11)18(24,25)28-12-8-13(19)16(14(20)9-12)26-7-6-17(21,22)23/h6-9,11,15H,2-5,10H2,1H3. The lowest BCUT2D eigenvalue weighted by atomic mass is 9.94. The van der Waals surface area contributed by atoms with E-state index in [0.717, 1.165) is 12.8 Å². The highest BCUT2D eigenvalue weighted by atomic mass is 19.4. The molecule has 158 valence electrons. The van der Waals surface area contributed by atoms with Crippen LogP contribution in [0.3, 0.4) is 0 Å². The van der Waals surface area contributed by atoms with Gasteiger partial charge in [-0.25, -0.2) is 8.78 Å². The molecule has 2 rings (SSSR count). The van der Waals surface area contributed by atoms with E-state index in [-0.39, 0.29) is 31.3 Å². The average Bonchev–Trinajstić information content (AvgIpc) is 2.57. The van der Waals surface area contributed by atoms with Crippen molar-refractivity contribution < 1.29 is 44.9 Å². The van der Waals surface area contributed by atoms with E-state index in [0.29, 0.717) is 18.6 Å². The van der Waals surface area contributed by atoms with Crippen molar-refractivity contribution in [3.8, 4) is 11.5 Å². The molecule has 0 N–H and O–H groups in total. The highest BCUT2D eigenvalue weighted by molar-refractivity contribution is 5.35. The smallest absolute Gasteiger partial charge is 0.424 e. The van der Waals surface area contributed by atoms with E-state index in [4.69, 9.17) is 4.74 Å². The molecular weight excluding hydrogens is 397 g/mol. The van der Waals surface area contributed by atoms with Crippen molar-refractivity contribution in [2.45, 2.75) is 51.0 Å². The Labute approximate surface area is 157 Å². The fourth-order valence-electron chi connectivity index (χ4n) is 2.82. The number of rotatable bonds is 7. The molecule has 2 atom stereocenters. The van der Waals surface area contributed by atoms with Crippen molar-refractivity contribution in [3.63, 3.8) is 0 Å². The van der Waals surface area contributed by atoms with E-state index in [1.54, 1.807) is 0 Å². The Morgan fingerprint density at radius 1 is 1.11 bits per heavy atom. The van der Waals surface area contributed by atoms with E-state index in [1.807, 2.05) is 6.92 Å². The first-order chi connectivity index (χ1) is 13.0. The molecular formula is C18H19F7O3. The van der Waals surface area contributed by atoms with Gasteiger partial charge < -0.3 is 14.2 Å². The van der Waals surface area contributed by atoms with Gasteiger partial charge in [-0.05, 0) is 25.2 Å². The summed E-state index contributed by atoms with van der Waals surface area (Å²) in [5.41, 5.74) is 0. The molecule has 1 aliphatic rings. The summed E-state index contributed by atoms with van der Waals surface area (Å²) in [4.78, 5) is 0. The van der Waals surface area contributed by atoms with E-state index in [2.05, 4.69) is 9.47 Å². The fraction of sp³-hybridized carbons (Fsp3) is 0.556. The number of hydrogen-bond donors (Lipinski definition) is 0. The lowest BCUT2D eigenvalue weighted by Crippen LogP contribution is -2.44. The summed E-state index contributed by atoms with van der Waals surface area (Å²) in [5.74, 6) is -4.83. The quantitative estimate of drug-likeness (QED) is 0.404. The molecule has 0 aliphatic carbocycles. The number of benzene rings is 1. The lowest BCUT2D eigenvalue weighted by Gasteiger charge is -2.33. The van der Waals surface area contributed by atoms with E-state index < -0.39 is 41.5 Å². The second-order valence-corrected chi connectivity index (χ2v) is 6.40. The van der Waals surface area contributed by atoms with Crippen molar-refractivity contribution in [2.24, 2.45) is 5.92 Å². The summed E-state index contributed by atoms with van der Waals surface area (Å²) in [5, 5.41) is 0. The van der Waals surface area contributed by atoms with Gasteiger partial charge in [-0.15, -0.1) is 0 Å². The molecule has 1 saturated heterocycles. The molecule has 28 heavy (non-hydrogen) atoms. The van der Waals surface area contributed by atoms with Crippen LogP contribution in [0.2, 0.25) is 0 Å². The van der Waals surface area contributed by atoms with Crippen LogP contribution in [0.25, 0.3) is 0 Å². The lowest BCUT2D eigenvalue weighted by molar-refractivity contribution is -0.265. The monoisotopic (exact) mass is 416 g/mol. The largest absolute Gasteiger partial charge is 0.459 e. The van der Waals surface area contributed by atoms with Gasteiger partial charge in [0.1, 0.15) is 5.75 Å². The molecule has 0 saturated carbocycles. The van der Waals surface area contributed by atoms with Crippen molar-refractivity contribution in [2.75, 3.05) is 6.61 Å². The Morgan fingerprint density at radius 2 is 1.75 bits per heavy atom. The Balaban J connectivity index is 2.04. The van der Waals surface area contributed by atoms with Crippen LogP contribution < -0.4 is 9.47 Å². The number of ether oxygens (including phenoxy) is 3. The predicted octanol–water partition coefficient (Wildman–Crippen LogP) is 5.99. The number of halogens is 7. The van der Waals surface area contributed by atoms with Gasteiger partial charge in [-0.2, -0.15) is 22.0 Å². The molecule has 1 aliphatic heterocycles. The predicted molar refractivity (Wildman–Crippen MR) is 85.1 cm³/mol. The van der Waals surface area contributed by atoms with Crippen molar-refractivity contribution in [1.82, 2.24) is 0 Å². The molecule has 1 aromatic rings. The minimum atomic E-state index is -4.74. The average molecular weight is 416 g/mol. The van der Waals surface area contributed by atoms with Crippen LogP contribution in [0.4, 0.5) is 30.7 Å². The third-order valence-corrected chi connectivity index (χ3v) is 4.11. The van der Waals surface area contributed by atoms with Gasteiger partial charge in [-0.3, -0.25) is 0 Å². The zero-order valence-corrected chi connectivity index (χ0v) is 14.9. The van der Waals surface area contributed by atoms with Crippen LogP contribution in [0, 0.1) is 17.6 Å². The molecule has 1 fully saturated rings. The van der Waals surface area contributed by atoms with Gasteiger partial charge in [0.2, 0.25) is 0 Å². The molecule has 10 heteroatoms. The zero-order valence-electron chi connectivity index (χ0n) is 14.9. The molecule has 0 amide bonds. The molecule has 0 radical (unpaired) electrons. The summed E-state index contributed by atoms with van der Waals surface area (Å²) < 4.78 is 106. The van der Waals surface area contributed by atoms with E-state index in [1.165, 1.54) is 0 Å². The summed E-state index contributed by atoms with van der Waals surface area (Å²) in [6.45, 7) is 2.11. The molecule has 0 spiro atoms. The molecule has 1 aromatic carbocycles. The van der Waals surface area contributed by atoms with Crippen molar-refractivity contribution in [1.29, 1.82) is 0 Å². The molecule has 1 heterocycles. The van der Waals surface area contributed by atoms with E-state index >= 15 is 0 Å². The second kappa shape index (κ2) is 9.02. The van der Waals surface area contributed by atoms with Crippen LogP contribution in [-0.2, 0) is 4.74 Å². The van der Waals surface area contributed by atoms with Gasteiger partial charge in [0.25, 0.3) is 0 Å². The maximum atomic E-state index is 14.2. The molecule has 0 aromatic heterocycles. The SMILES string of the molecule is CCCC1CCC(C(F)(F)Oc2cc(F)c(OC=CC(F)(F)F)c(F)c2)OC1. The number of hydrogen-bond acceptors (Lipinski definition) is 3. The van der Waals surface area contributed by atoms with Crippen LogP contribution in [0.15, 0.2) is 24.5 Å². The van der Waals surface area contributed by atoms with Crippen LogP contribution in [-0.4, -0.2) is 25.0 Å². The highest BCUT2D eigenvalue weighted by Gasteiger charge is 2.45. The maximum Gasteiger partial charge on any atom is 0.424 e. The van der Waals surface area contributed by atoms with Crippen molar-refractivity contribution in [3.05, 3.63) is 36.1 Å². The Bertz CT molecular complexity index is 657. The van der Waals surface area contributed by atoms with Gasteiger partial charge >= 0.3 is 12.3 Å². The summed E-state index contributed by atoms with van der Waals surface area (Å²) in [6.07, 6.45) is -8.21. The maximum absolute atomic E-state index is 14.2. The number of alkyl halides is 5. The Kier molecular flexibility index (Phi) is 7.19. The normalized spacial score (nSPS) is 21.1. The van der Waals surface area contributed by atoms with Crippen LogP contribution in [0.5, 0.6) is 11.5 Å². The second-order valence-electron chi connectivity index (χ2n) is 6.40. The van der Waals surface area contributed by atoms with Gasteiger partial charge in [0.05, 0.1) is 18.9 Å². The topological polar surface area (TPSA) is 27.7 Å². The van der Waals surface area contributed by atoms with Gasteiger partial charge in [-0.1, -0.05) is 13.3 Å². The summed E-state index contributed by atoms with van der Waals surface area (Å²) in [7, 11) is 0. The fourth-order valence-corrected chi connectivity index (χ4v) is 2.82. The minimum Gasteiger partial charge on any atom is -0.459 e. The highest BCUT2D eigenvalue weighted by Crippen LogP contribution is 2.36. The molecule has 0 bridgehead atoms. The van der Waals surface area contributed by atoms with Gasteiger partial charge in [0.15, 0.2) is 23.5 Å².